The van der Waals surface area contributed by atoms with Crippen molar-refractivity contribution in [3.63, 3.8) is 0 Å². The summed E-state index contributed by atoms with van der Waals surface area (Å²) in [7, 11) is 1.98. The summed E-state index contributed by atoms with van der Waals surface area (Å²) in [6.45, 7) is 0.553. The van der Waals surface area contributed by atoms with Crippen molar-refractivity contribution >= 4 is 11.0 Å². The third-order valence-corrected chi connectivity index (χ3v) is 2.00. The zero-order valence-corrected chi connectivity index (χ0v) is 6.99. The van der Waals surface area contributed by atoms with E-state index in [4.69, 9.17) is 5.73 Å². The maximum Gasteiger partial charge on any atom is 0.139 e. The minimum atomic E-state index is 0.553. The fourth-order valence-electron chi connectivity index (χ4n) is 1.31. The van der Waals surface area contributed by atoms with Gasteiger partial charge < -0.3 is 10.3 Å². The third-order valence-electron chi connectivity index (χ3n) is 2.00. The number of nitrogens with zero attached hydrogens (tertiary/aromatic N) is 2. The highest BCUT2D eigenvalue weighted by atomic mass is 15.0. The molecule has 0 amide bonds. The Morgan fingerprint density at radius 2 is 2.42 bits per heavy atom. The van der Waals surface area contributed by atoms with Crippen molar-refractivity contribution in [3.05, 3.63) is 30.1 Å². The molecule has 0 saturated heterocycles. The van der Waals surface area contributed by atoms with Crippen LogP contribution in [-0.4, -0.2) is 9.55 Å². The van der Waals surface area contributed by atoms with Crippen LogP contribution in [0.25, 0.3) is 11.0 Å². The van der Waals surface area contributed by atoms with E-state index >= 15 is 0 Å². The molecule has 2 heterocycles. The van der Waals surface area contributed by atoms with E-state index in [0.29, 0.717) is 6.54 Å². The van der Waals surface area contributed by atoms with E-state index in [9.17, 15) is 0 Å². The first-order valence-corrected chi connectivity index (χ1v) is 3.91. The Kier molecular flexibility index (Phi) is 1.59. The van der Waals surface area contributed by atoms with Gasteiger partial charge in [0.2, 0.25) is 0 Å². The van der Waals surface area contributed by atoms with Crippen LogP contribution in [0.4, 0.5) is 0 Å². The van der Waals surface area contributed by atoms with Crippen LogP contribution in [0.1, 0.15) is 5.56 Å². The molecule has 12 heavy (non-hydrogen) atoms. The van der Waals surface area contributed by atoms with Crippen molar-refractivity contribution < 1.29 is 0 Å². The minimum absolute atomic E-state index is 0.553. The van der Waals surface area contributed by atoms with Crippen molar-refractivity contribution in [2.75, 3.05) is 0 Å². The number of aromatic nitrogens is 2. The van der Waals surface area contributed by atoms with Gasteiger partial charge in [0.1, 0.15) is 5.65 Å². The Bertz CT molecular complexity index is 403. The number of pyridine rings is 1. The van der Waals surface area contributed by atoms with Gasteiger partial charge in [-0.15, -0.1) is 0 Å². The molecule has 2 aromatic heterocycles. The highest BCUT2D eigenvalue weighted by Gasteiger charge is 1.98. The molecular weight excluding hydrogens is 150 g/mol. The predicted molar refractivity (Wildman–Crippen MR) is 48.6 cm³/mol. The Balaban J connectivity index is 2.69. The fraction of sp³-hybridized carbons (Fsp3) is 0.222. The molecule has 0 atom stereocenters. The normalized spacial score (nSPS) is 10.8. The molecule has 62 valence electrons. The summed E-state index contributed by atoms with van der Waals surface area (Å²) >= 11 is 0. The summed E-state index contributed by atoms with van der Waals surface area (Å²) in [5.74, 6) is 0. The number of nitrogens with two attached hydrogens (primary N) is 1. The summed E-state index contributed by atoms with van der Waals surface area (Å²) in [6, 6.07) is 4.11. The second-order valence-corrected chi connectivity index (χ2v) is 2.89. The lowest BCUT2D eigenvalue weighted by Gasteiger charge is -1.97. The Morgan fingerprint density at radius 1 is 1.58 bits per heavy atom. The maximum absolute atomic E-state index is 5.50. The maximum atomic E-state index is 5.50. The van der Waals surface area contributed by atoms with Crippen LogP contribution in [0.5, 0.6) is 0 Å². The lowest BCUT2D eigenvalue weighted by atomic mass is 10.2. The third kappa shape index (κ3) is 0.987. The van der Waals surface area contributed by atoms with Crippen LogP contribution in [0.3, 0.4) is 0 Å². The molecule has 3 nitrogen and oxygen atoms in total. The monoisotopic (exact) mass is 161 g/mol. The van der Waals surface area contributed by atoms with E-state index in [2.05, 4.69) is 11.1 Å². The van der Waals surface area contributed by atoms with Crippen LogP contribution in [0.15, 0.2) is 24.5 Å². The fourth-order valence-corrected chi connectivity index (χ4v) is 1.31. The SMILES string of the molecule is Cn1ccc2cc(CN)cnc21. The van der Waals surface area contributed by atoms with E-state index in [1.807, 2.05) is 30.1 Å². The molecule has 2 aromatic rings. The zero-order valence-electron chi connectivity index (χ0n) is 6.99. The molecule has 0 aliphatic rings. The van der Waals surface area contributed by atoms with E-state index in [-0.39, 0.29) is 0 Å². The van der Waals surface area contributed by atoms with E-state index < -0.39 is 0 Å². The second kappa shape index (κ2) is 2.60. The van der Waals surface area contributed by atoms with Crippen molar-refractivity contribution in [3.8, 4) is 0 Å². The summed E-state index contributed by atoms with van der Waals surface area (Å²) in [5.41, 5.74) is 7.59. The first-order chi connectivity index (χ1) is 5.81. The molecular formula is C9H11N3. The van der Waals surface area contributed by atoms with Gasteiger partial charge in [-0.1, -0.05) is 0 Å². The Hall–Kier alpha value is -1.35. The van der Waals surface area contributed by atoms with Crippen molar-refractivity contribution in [2.45, 2.75) is 6.54 Å². The van der Waals surface area contributed by atoms with Crippen LogP contribution < -0.4 is 5.73 Å². The van der Waals surface area contributed by atoms with Crippen LogP contribution in [-0.2, 0) is 13.6 Å². The molecule has 0 radical (unpaired) electrons. The quantitative estimate of drug-likeness (QED) is 0.679. The van der Waals surface area contributed by atoms with Gasteiger partial charge in [0.25, 0.3) is 0 Å². The molecule has 3 heteroatoms. The minimum Gasteiger partial charge on any atom is -0.336 e. The van der Waals surface area contributed by atoms with Crippen molar-refractivity contribution in [1.29, 1.82) is 0 Å². The highest BCUT2D eigenvalue weighted by Crippen LogP contribution is 2.12. The molecule has 0 aliphatic carbocycles. The summed E-state index contributed by atoms with van der Waals surface area (Å²) < 4.78 is 2.00. The topological polar surface area (TPSA) is 43.8 Å². The molecule has 0 bridgehead atoms. The van der Waals surface area contributed by atoms with Gasteiger partial charge in [0.15, 0.2) is 0 Å². The number of fused-ring (bicyclic) bond motifs is 1. The number of hydrogen-bond donors (Lipinski definition) is 1. The van der Waals surface area contributed by atoms with Gasteiger partial charge in [-0.05, 0) is 17.7 Å². The van der Waals surface area contributed by atoms with Gasteiger partial charge in [-0.2, -0.15) is 0 Å². The van der Waals surface area contributed by atoms with E-state index in [1.54, 1.807) is 0 Å². The average Bonchev–Trinajstić information content (AvgIpc) is 2.47. The van der Waals surface area contributed by atoms with Gasteiger partial charge in [0.05, 0.1) is 0 Å². The predicted octanol–water partition coefficient (Wildman–Crippen LogP) is 1.03. The summed E-state index contributed by atoms with van der Waals surface area (Å²) in [4.78, 5) is 4.29. The highest BCUT2D eigenvalue weighted by molar-refractivity contribution is 5.76. The van der Waals surface area contributed by atoms with Crippen LogP contribution >= 0.6 is 0 Å². The molecule has 0 spiro atoms. The molecule has 0 unspecified atom stereocenters. The van der Waals surface area contributed by atoms with Crippen molar-refractivity contribution in [2.24, 2.45) is 12.8 Å². The molecule has 2 rings (SSSR count). The van der Waals surface area contributed by atoms with Gasteiger partial charge in [0, 0.05) is 31.4 Å². The summed E-state index contributed by atoms with van der Waals surface area (Å²) in [6.07, 6.45) is 3.82. The molecule has 0 saturated carbocycles. The first kappa shape index (κ1) is 7.31. The Labute approximate surface area is 70.8 Å². The standard InChI is InChI=1S/C9H11N3/c1-12-3-2-8-4-7(5-10)6-11-9(8)12/h2-4,6H,5,10H2,1H3. The molecule has 0 aromatic carbocycles. The van der Waals surface area contributed by atoms with Gasteiger partial charge in [-0.25, -0.2) is 4.98 Å². The molecule has 0 aliphatic heterocycles. The number of rotatable bonds is 1. The lowest BCUT2D eigenvalue weighted by Crippen LogP contribution is -1.97. The largest absolute Gasteiger partial charge is 0.336 e. The second-order valence-electron chi connectivity index (χ2n) is 2.89. The first-order valence-electron chi connectivity index (χ1n) is 3.91. The smallest absolute Gasteiger partial charge is 0.139 e. The number of aryl methyl sites for hydroxylation is 1. The Morgan fingerprint density at radius 3 is 3.17 bits per heavy atom. The van der Waals surface area contributed by atoms with Crippen LogP contribution in [0.2, 0.25) is 0 Å². The lowest BCUT2D eigenvalue weighted by molar-refractivity contribution is 0.944. The van der Waals surface area contributed by atoms with Crippen molar-refractivity contribution in [1.82, 2.24) is 9.55 Å². The summed E-state index contributed by atoms with van der Waals surface area (Å²) in [5, 5.41) is 1.15. The number of hydrogen-bond acceptors (Lipinski definition) is 2. The van der Waals surface area contributed by atoms with Crippen LogP contribution in [0, 0.1) is 0 Å². The average molecular weight is 161 g/mol. The van der Waals surface area contributed by atoms with Gasteiger partial charge >= 0.3 is 0 Å². The molecule has 0 fully saturated rings. The van der Waals surface area contributed by atoms with Gasteiger partial charge in [-0.3, -0.25) is 0 Å². The van der Waals surface area contributed by atoms with E-state index in [1.165, 1.54) is 0 Å². The molecule has 2 N–H and O–H groups in total. The zero-order chi connectivity index (χ0) is 8.55. The van der Waals surface area contributed by atoms with E-state index in [0.717, 1.165) is 16.6 Å².